The van der Waals surface area contributed by atoms with Crippen molar-refractivity contribution in [3.63, 3.8) is 0 Å². The molecule has 0 unspecified atom stereocenters. The molecular formula is C20H17N3O3S2. The lowest BCUT2D eigenvalue weighted by atomic mass is 9.97. The van der Waals surface area contributed by atoms with Crippen molar-refractivity contribution in [1.29, 1.82) is 0 Å². The molecule has 8 heteroatoms. The quantitative estimate of drug-likeness (QED) is 0.446. The van der Waals surface area contributed by atoms with E-state index in [-0.39, 0.29) is 24.1 Å². The Hall–Kier alpha value is -2.84. The van der Waals surface area contributed by atoms with Gasteiger partial charge in [-0.2, -0.15) is 9.61 Å². The van der Waals surface area contributed by atoms with Gasteiger partial charge in [0.1, 0.15) is 6.61 Å². The summed E-state index contributed by atoms with van der Waals surface area (Å²) in [5, 5.41) is 7.03. The number of hydrogen-bond acceptors (Lipinski definition) is 7. The van der Waals surface area contributed by atoms with Crippen molar-refractivity contribution in [3.8, 4) is 9.88 Å². The maximum absolute atomic E-state index is 12.5. The third kappa shape index (κ3) is 3.74. The summed E-state index contributed by atoms with van der Waals surface area (Å²) >= 11 is 2.89. The lowest BCUT2D eigenvalue weighted by Crippen LogP contribution is -2.18. The van der Waals surface area contributed by atoms with E-state index in [2.05, 4.69) is 10.1 Å². The molecule has 0 aliphatic carbocycles. The molecule has 4 rings (SSSR count). The number of rotatable bonds is 6. The zero-order chi connectivity index (χ0) is 19.5. The van der Waals surface area contributed by atoms with Crippen LogP contribution in [0.5, 0.6) is 0 Å². The number of nitrogens with zero attached hydrogens (tertiary/aromatic N) is 3. The third-order valence-corrected chi connectivity index (χ3v) is 6.23. The van der Waals surface area contributed by atoms with Gasteiger partial charge in [0.25, 0.3) is 5.56 Å². The number of esters is 1. The SMILES string of the molecule is CC[C@@H](C(=O)OCc1cc(=O)n2nc(-c3cccs3)sc2n1)c1ccccc1. The average molecular weight is 412 g/mol. The van der Waals surface area contributed by atoms with Crippen molar-refractivity contribution < 1.29 is 9.53 Å². The molecule has 3 aromatic heterocycles. The van der Waals surface area contributed by atoms with Gasteiger partial charge in [0, 0.05) is 6.07 Å². The number of hydrogen-bond donors (Lipinski definition) is 0. The van der Waals surface area contributed by atoms with E-state index in [1.807, 2.05) is 54.8 Å². The van der Waals surface area contributed by atoms with Gasteiger partial charge < -0.3 is 4.74 Å². The molecule has 0 fully saturated rings. The van der Waals surface area contributed by atoms with Gasteiger partial charge in [-0.15, -0.1) is 11.3 Å². The first-order chi connectivity index (χ1) is 13.7. The van der Waals surface area contributed by atoms with Crippen LogP contribution in [0.4, 0.5) is 0 Å². The summed E-state index contributed by atoms with van der Waals surface area (Å²) in [6, 6.07) is 14.8. The molecule has 4 aromatic rings. The van der Waals surface area contributed by atoms with Gasteiger partial charge in [0.05, 0.1) is 16.5 Å². The second kappa shape index (κ2) is 8.04. The lowest BCUT2D eigenvalue weighted by molar-refractivity contribution is -0.147. The number of thiophene rings is 1. The first kappa shape index (κ1) is 18.5. The van der Waals surface area contributed by atoms with Crippen LogP contribution in [0.25, 0.3) is 14.8 Å². The molecule has 0 bridgehead atoms. The van der Waals surface area contributed by atoms with Crippen molar-refractivity contribution >= 4 is 33.6 Å². The van der Waals surface area contributed by atoms with Crippen LogP contribution in [0.3, 0.4) is 0 Å². The van der Waals surface area contributed by atoms with Crippen molar-refractivity contribution in [3.05, 3.63) is 75.5 Å². The van der Waals surface area contributed by atoms with E-state index in [1.165, 1.54) is 21.9 Å². The Kier molecular flexibility index (Phi) is 5.31. The Morgan fingerprint density at radius 2 is 2.04 bits per heavy atom. The molecule has 0 radical (unpaired) electrons. The number of aromatic nitrogens is 3. The summed E-state index contributed by atoms with van der Waals surface area (Å²) in [6.07, 6.45) is 0.636. The van der Waals surface area contributed by atoms with Gasteiger partial charge in [0.2, 0.25) is 4.96 Å². The second-order valence-electron chi connectivity index (χ2n) is 6.14. The van der Waals surface area contributed by atoms with Gasteiger partial charge in [-0.05, 0) is 23.4 Å². The smallest absolute Gasteiger partial charge is 0.313 e. The van der Waals surface area contributed by atoms with Gasteiger partial charge >= 0.3 is 5.97 Å². The highest BCUT2D eigenvalue weighted by atomic mass is 32.1. The first-order valence-corrected chi connectivity index (χ1v) is 10.5. The minimum Gasteiger partial charge on any atom is -0.459 e. The van der Waals surface area contributed by atoms with Crippen molar-refractivity contribution in [2.45, 2.75) is 25.9 Å². The maximum Gasteiger partial charge on any atom is 0.313 e. The molecule has 142 valence electrons. The van der Waals surface area contributed by atoms with Crippen LogP contribution in [0, 0.1) is 0 Å². The molecule has 0 spiro atoms. The molecule has 0 aliphatic heterocycles. The van der Waals surface area contributed by atoms with Gasteiger partial charge in [-0.25, -0.2) is 4.98 Å². The monoisotopic (exact) mass is 411 g/mol. The molecule has 0 aliphatic rings. The van der Waals surface area contributed by atoms with Crippen molar-refractivity contribution in [2.75, 3.05) is 0 Å². The number of ether oxygens (including phenoxy) is 1. The fourth-order valence-electron chi connectivity index (χ4n) is 2.90. The van der Waals surface area contributed by atoms with Gasteiger partial charge in [-0.1, -0.05) is 54.7 Å². The van der Waals surface area contributed by atoms with Crippen LogP contribution in [-0.4, -0.2) is 20.6 Å². The third-order valence-electron chi connectivity index (χ3n) is 4.29. The Morgan fingerprint density at radius 1 is 1.21 bits per heavy atom. The number of carbonyl (C=O) groups is 1. The van der Waals surface area contributed by atoms with E-state index in [9.17, 15) is 9.59 Å². The fraction of sp³-hybridized carbons (Fsp3) is 0.200. The van der Waals surface area contributed by atoms with E-state index in [1.54, 1.807) is 11.3 Å². The standard InChI is InChI=1S/C20H17N3O3S2/c1-2-15(13-7-4-3-5-8-13)19(25)26-12-14-11-17(24)23-20(21-14)28-18(22-23)16-9-6-10-27-16/h3-11,15H,2,12H2,1H3/t15-/m1/s1. The average Bonchev–Trinajstić information content (AvgIpc) is 3.37. The molecule has 6 nitrogen and oxygen atoms in total. The molecular weight excluding hydrogens is 394 g/mol. The lowest BCUT2D eigenvalue weighted by Gasteiger charge is -2.14. The maximum atomic E-state index is 12.5. The van der Waals surface area contributed by atoms with Crippen LogP contribution in [-0.2, 0) is 16.1 Å². The predicted octanol–water partition coefficient (Wildman–Crippen LogP) is 4.12. The van der Waals surface area contributed by atoms with Crippen molar-refractivity contribution in [1.82, 2.24) is 14.6 Å². The van der Waals surface area contributed by atoms with E-state index in [0.717, 1.165) is 15.4 Å². The number of fused-ring (bicyclic) bond motifs is 1. The zero-order valence-electron chi connectivity index (χ0n) is 15.1. The summed E-state index contributed by atoms with van der Waals surface area (Å²) in [6.45, 7) is 1.90. The first-order valence-electron chi connectivity index (χ1n) is 8.81. The Labute approximate surface area is 169 Å². The van der Waals surface area contributed by atoms with E-state index < -0.39 is 0 Å². The van der Waals surface area contributed by atoms with E-state index in [4.69, 9.17) is 4.74 Å². The van der Waals surface area contributed by atoms with E-state index in [0.29, 0.717) is 17.1 Å². The number of benzene rings is 1. The highest BCUT2D eigenvalue weighted by molar-refractivity contribution is 7.23. The van der Waals surface area contributed by atoms with E-state index >= 15 is 0 Å². The Morgan fingerprint density at radius 3 is 2.75 bits per heavy atom. The highest BCUT2D eigenvalue weighted by Gasteiger charge is 2.20. The molecule has 0 amide bonds. The molecule has 1 aromatic carbocycles. The van der Waals surface area contributed by atoms with Crippen LogP contribution in [0.1, 0.15) is 30.5 Å². The largest absolute Gasteiger partial charge is 0.459 e. The van der Waals surface area contributed by atoms with Crippen LogP contribution >= 0.6 is 22.7 Å². The van der Waals surface area contributed by atoms with Gasteiger partial charge in [-0.3, -0.25) is 9.59 Å². The highest BCUT2D eigenvalue weighted by Crippen LogP contribution is 2.28. The normalized spacial score (nSPS) is 12.2. The Balaban J connectivity index is 1.53. The minimum absolute atomic E-state index is 0.0415. The zero-order valence-corrected chi connectivity index (χ0v) is 16.7. The summed E-state index contributed by atoms with van der Waals surface area (Å²) in [5.41, 5.74) is 1.05. The fourth-order valence-corrected chi connectivity index (χ4v) is 4.62. The minimum atomic E-state index is -0.333. The molecule has 0 saturated heterocycles. The summed E-state index contributed by atoms with van der Waals surface area (Å²) < 4.78 is 6.74. The molecule has 3 heterocycles. The van der Waals surface area contributed by atoms with Crippen LogP contribution < -0.4 is 5.56 Å². The molecule has 1 atom stereocenters. The topological polar surface area (TPSA) is 73.6 Å². The molecule has 0 N–H and O–H groups in total. The summed E-state index contributed by atoms with van der Waals surface area (Å²) in [7, 11) is 0. The predicted molar refractivity (Wildman–Crippen MR) is 110 cm³/mol. The van der Waals surface area contributed by atoms with Crippen LogP contribution in [0.2, 0.25) is 0 Å². The van der Waals surface area contributed by atoms with Crippen molar-refractivity contribution in [2.24, 2.45) is 0 Å². The summed E-state index contributed by atoms with van der Waals surface area (Å²) in [4.78, 5) is 30.8. The Bertz CT molecular complexity index is 1150. The second-order valence-corrected chi connectivity index (χ2v) is 8.05. The summed E-state index contributed by atoms with van der Waals surface area (Å²) in [5.74, 6) is -0.654. The number of carbonyl (C=O) groups excluding carboxylic acids is 1. The van der Waals surface area contributed by atoms with Crippen LogP contribution in [0.15, 0.2) is 58.7 Å². The molecule has 28 heavy (non-hydrogen) atoms. The molecule has 0 saturated carbocycles. The van der Waals surface area contributed by atoms with Gasteiger partial charge in [0.15, 0.2) is 5.01 Å².